The van der Waals surface area contributed by atoms with E-state index in [-0.39, 0.29) is 0 Å². The lowest BCUT2D eigenvalue weighted by molar-refractivity contribution is 1.15. The molecule has 13 heavy (non-hydrogen) atoms. The third-order valence-corrected chi connectivity index (χ3v) is 4.49. The van der Waals surface area contributed by atoms with Gasteiger partial charge in [0.2, 0.25) is 0 Å². The van der Waals surface area contributed by atoms with Gasteiger partial charge in [0.1, 0.15) is 0 Å². The molecule has 0 nitrogen and oxygen atoms in total. The van der Waals surface area contributed by atoms with Gasteiger partial charge in [0.25, 0.3) is 0 Å². The third kappa shape index (κ3) is 1.53. The van der Waals surface area contributed by atoms with Crippen molar-refractivity contribution < 1.29 is 0 Å². The van der Waals surface area contributed by atoms with Crippen molar-refractivity contribution in [1.82, 2.24) is 0 Å². The maximum atomic E-state index is 3.57. The highest BCUT2D eigenvalue weighted by atomic mass is 79.9. The lowest BCUT2D eigenvalue weighted by Crippen LogP contribution is -1.78. The van der Waals surface area contributed by atoms with Crippen molar-refractivity contribution in [1.29, 1.82) is 0 Å². The SMILES string of the molecule is CCc1ccc2sc(Br)c(C)c2c1. The first kappa shape index (κ1) is 9.22. The summed E-state index contributed by atoms with van der Waals surface area (Å²) in [4.78, 5) is 0. The average molecular weight is 255 g/mol. The second-order valence-electron chi connectivity index (χ2n) is 3.18. The summed E-state index contributed by atoms with van der Waals surface area (Å²) in [5.74, 6) is 0. The van der Waals surface area contributed by atoms with E-state index in [0.717, 1.165) is 6.42 Å². The molecule has 0 aliphatic carbocycles. The quantitative estimate of drug-likeness (QED) is 0.702. The Hall–Kier alpha value is -0.340. The molecule has 0 N–H and O–H groups in total. The topological polar surface area (TPSA) is 0 Å². The zero-order chi connectivity index (χ0) is 9.42. The molecule has 0 bridgehead atoms. The number of halogens is 1. The van der Waals surface area contributed by atoms with Gasteiger partial charge in [-0.3, -0.25) is 0 Å². The Morgan fingerprint density at radius 2 is 2.15 bits per heavy atom. The van der Waals surface area contributed by atoms with E-state index in [1.165, 1.54) is 25.0 Å². The van der Waals surface area contributed by atoms with Crippen LogP contribution in [0.3, 0.4) is 0 Å². The molecule has 0 atom stereocenters. The van der Waals surface area contributed by atoms with Crippen LogP contribution in [0.25, 0.3) is 10.1 Å². The van der Waals surface area contributed by atoms with Gasteiger partial charge in [0.15, 0.2) is 0 Å². The van der Waals surface area contributed by atoms with Crippen LogP contribution in [0.2, 0.25) is 0 Å². The molecule has 2 heteroatoms. The summed E-state index contributed by atoms with van der Waals surface area (Å²) in [5, 5.41) is 1.40. The van der Waals surface area contributed by atoms with Crippen molar-refractivity contribution >= 4 is 37.4 Å². The van der Waals surface area contributed by atoms with Crippen LogP contribution in [0, 0.1) is 6.92 Å². The normalized spacial score (nSPS) is 11.0. The molecule has 0 aliphatic heterocycles. The van der Waals surface area contributed by atoms with Gasteiger partial charge in [-0.15, -0.1) is 11.3 Å². The molecule has 0 fully saturated rings. The van der Waals surface area contributed by atoms with E-state index in [4.69, 9.17) is 0 Å². The Morgan fingerprint density at radius 1 is 1.38 bits per heavy atom. The average Bonchev–Trinajstić information content (AvgIpc) is 2.43. The fourth-order valence-corrected chi connectivity index (χ4v) is 3.11. The second kappa shape index (κ2) is 3.43. The van der Waals surface area contributed by atoms with E-state index in [9.17, 15) is 0 Å². The van der Waals surface area contributed by atoms with Crippen molar-refractivity contribution in [2.45, 2.75) is 20.3 Å². The molecule has 0 unspecified atom stereocenters. The Balaban J connectivity index is 2.75. The van der Waals surface area contributed by atoms with E-state index in [1.54, 1.807) is 0 Å². The molecule has 2 rings (SSSR count). The fourth-order valence-electron chi connectivity index (χ4n) is 1.46. The summed E-state index contributed by atoms with van der Waals surface area (Å²) in [6.07, 6.45) is 1.11. The molecule has 0 amide bonds. The van der Waals surface area contributed by atoms with Crippen LogP contribution in [0.1, 0.15) is 18.1 Å². The standard InChI is InChI=1S/C11H11BrS/c1-3-8-4-5-10-9(6-8)7(2)11(12)13-10/h4-6H,3H2,1-2H3. The van der Waals surface area contributed by atoms with Crippen LogP contribution in [0.5, 0.6) is 0 Å². The van der Waals surface area contributed by atoms with Gasteiger partial charge >= 0.3 is 0 Å². The van der Waals surface area contributed by atoms with Crippen LogP contribution >= 0.6 is 27.3 Å². The predicted octanol–water partition coefficient (Wildman–Crippen LogP) is 4.53. The Kier molecular flexibility index (Phi) is 2.43. The molecular weight excluding hydrogens is 244 g/mol. The largest absolute Gasteiger partial charge is 0.128 e. The fraction of sp³-hybridized carbons (Fsp3) is 0.273. The molecule has 0 saturated heterocycles. The zero-order valence-electron chi connectivity index (χ0n) is 7.73. The van der Waals surface area contributed by atoms with Crippen molar-refractivity contribution in [3.8, 4) is 0 Å². The second-order valence-corrected chi connectivity index (χ2v) is 5.55. The summed E-state index contributed by atoms with van der Waals surface area (Å²) >= 11 is 5.39. The van der Waals surface area contributed by atoms with Crippen LogP contribution in [0.4, 0.5) is 0 Å². The van der Waals surface area contributed by atoms with Gasteiger partial charge in [0.05, 0.1) is 3.79 Å². The molecule has 0 spiro atoms. The van der Waals surface area contributed by atoms with Crippen LogP contribution in [0.15, 0.2) is 22.0 Å². The van der Waals surface area contributed by atoms with Crippen molar-refractivity contribution in [3.05, 3.63) is 33.1 Å². The molecular formula is C11H11BrS. The van der Waals surface area contributed by atoms with Crippen LogP contribution in [-0.2, 0) is 6.42 Å². The zero-order valence-corrected chi connectivity index (χ0v) is 10.1. The number of hydrogen-bond acceptors (Lipinski definition) is 1. The smallest absolute Gasteiger partial charge is 0.0740 e. The van der Waals surface area contributed by atoms with E-state index in [0.29, 0.717) is 0 Å². The number of aryl methyl sites for hydroxylation is 2. The summed E-state index contributed by atoms with van der Waals surface area (Å²) in [6.45, 7) is 4.36. The van der Waals surface area contributed by atoms with Crippen molar-refractivity contribution in [3.63, 3.8) is 0 Å². The monoisotopic (exact) mass is 254 g/mol. The minimum atomic E-state index is 1.11. The number of benzene rings is 1. The summed E-state index contributed by atoms with van der Waals surface area (Å²) in [5.41, 5.74) is 2.79. The van der Waals surface area contributed by atoms with Gasteiger partial charge in [-0.1, -0.05) is 19.1 Å². The maximum Gasteiger partial charge on any atom is 0.0740 e. The Bertz CT molecular complexity index is 443. The first-order valence-corrected chi connectivity index (χ1v) is 6.01. The summed E-state index contributed by atoms with van der Waals surface area (Å²) < 4.78 is 2.64. The van der Waals surface area contributed by atoms with Crippen molar-refractivity contribution in [2.24, 2.45) is 0 Å². The van der Waals surface area contributed by atoms with Gasteiger partial charge in [0, 0.05) is 4.70 Å². The Labute approximate surface area is 90.7 Å². The highest BCUT2D eigenvalue weighted by Gasteiger charge is 2.05. The van der Waals surface area contributed by atoms with Gasteiger partial charge in [-0.25, -0.2) is 0 Å². The van der Waals surface area contributed by atoms with E-state index < -0.39 is 0 Å². The van der Waals surface area contributed by atoms with E-state index in [1.807, 2.05) is 11.3 Å². The molecule has 1 aromatic heterocycles. The number of fused-ring (bicyclic) bond motifs is 1. The molecule has 1 heterocycles. The first-order valence-electron chi connectivity index (χ1n) is 4.40. The third-order valence-electron chi connectivity index (χ3n) is 2.35. The van der Waals surface area contributed by atoms with Crippen LogP contribution < -0.4 is 0 Å². The predicted molar refractivity (Wildman–Crippen MR) is 63.6 cm³/mol. The maximum absolute atomic E-state index is 3.57. The Morgan fingerprint density at radius 3 is 2.85 bits per heavy atom. The lowest BCUT2D eigenvalue weighted by Gasteiger charge is -1.96. The highest BCUT2D eigenvalue weighted by Crippen LogP contribution is 2.35. The van der Waals surface area contributed by atoms with Gasteiger partial charge < -0.3 is 0 Å². The molecule has 0 aliphatic rings. The summed E-state index contributed by atoms with van der Waals surface area (Å²) in [7, 11) is 0. The molecule has 0 saturated carbocycles. The van der Waals surface area contributed by atoms with E-state index in [2.05, 4.69) is 48.0 Å². The number of rotatable bonds is 1. The number of thiophene rings is 1. The minimum absolute atomic E-state index is 1.11. The van der Waals surface area contributed by atoms with Crippen LogP contribution in [-0.4, -0.2) is 0 Å². The molecule has 0 radical (unpaired) electrons. The minimum Gasteiger partial charge on any atom is -0.128 e. The first-order chi connectivity index (χ1) is 6.22. The number of hydrogen-bond donors (Lipinski definition) is 0. The van der Waals surface area contributed by atoms with E-state index >= 15 is 0 Å². The lowest BCUT2D eigenvalue weighted by atomic mass is 10.1. The van der Waals surface area contributed by atoms with Gasteiger partial charge in [-0.2, -0.15) is 0 Å². The van der Waals surface area contributed by atoms with Gasteiger partial charge in [-0.05, 0) is 51.9 Å². The molecule has 1 aromatic carbocycles. The molecule has 2 aromatic rings. The van der Waals surface area contributed by atoms with Crippen molar-refractivity contribution in [2.75, 3.05) is 0 Å². The highest BCUT2D eigenvalue weighted by molar-refractivity contribution is 9.11. The summed E-state index contributed by atoms with van der Waals surface area (Å²) in [6, 6.07) is 6.73. The molecule has 68 valence electrons.